The first-order valence-corrected chi connectivity index (χ1v) is 11.9. The number of carbonyl (C=O) groups is 1. The molecule has 0 bridgehead atoms. The highest BCUT2D eigenvalue weighted by molar-refractivity contribution is 7.92. The molecule has 0 N–H and O–H groups in total. The number of rotatable bonds is 5. The summed E-state index contributed by atoms with van der Waals surface area (Å²) in [5, 5.41) is 0. The number of nitrogens with zero attached hydrogens (tertiary/aromatic N) is 2. The third-order valence-electron chi connectivity index (χ3n) is 5.78. The van der Waals surface area contributed by atoms with E-state index >= 15 is 0 Å². The largest absolute Gasteiger partial charge is 0.497 e. The number of hydrogen-bond donors (Lipinski definition) is 0. The second-order valence-electron chi connectivity index (χ2n) is 7.86. The lowest BCUT2D eigenvalue weighted by molar-refractivity contribution is -0.117. The Morgan fingerprint density at radius 3 is 2.38 bits per heavy atom. The van der Waals surface area contributed by atoms with Crippen LogP contribution in [0, 0.1) is 0 Å². The number of para-hydroxylation sites is 2. The van der Waals surface area contributed by atoms with E-state index in [0.29, 0.717) is 17.9 Å². The molecule has 4 rings (SSSR count). The number of hydrogen-bond acceptors (Lipinski definition) is 4. The molecule has 1 aliphatic rings. The van der Waals surface area contributed by atoms with E-state index in [1.165, 1.54) is 17.5 Å². The first kappa shape index (κ1) is 21.9. The van der Waals surface area contributed by atoms with Crippen molar-refractivity contribution in [2.24, 2.45) is 0 Å². The summed E-state index contributed by atoms with van der Waals surface area (Å²) in [7, 11) is -2.33. The van der Waals surface area contributed by atoms with Gasteiger partial charge in [0.2, 0.25) is 5.91 Å². The highest BCUT2D eigenvalue weighted by Crippen LogP contribution is 2.44. The molecular weight excluding hydrogens is 424 g/mol. The summed E-state index contributed by atoms with van der Waals surface area (Å²) in [5.41, 5.74) is 2.17. The zero-order valence-corrected chi connectivity index (χ0v) is 19.1. The Bertz CT molecular complexity index is 1230. The van der Waals surface area contributed by atoms with Gasteiger partial charge in [-0.3, -0.25) is 9.10 Å². The average molecular weight is 451 g/mol. The Hall–Kier alpha value is -3.32. The average Bonchev–Trinajstić information content (AvgIpc) is 2.79. The van der Waals surface area contributed by atoms with Crippen LogP contribution in [-0.4, -0.2) is 27.5 Å². The maximum Gasteiger partial charge on any atom is 0.264 e. The predicted octanol–water partition coefficient (Wildman–Crippen LogP) is 4.78. The molecule has 3 aromatic rings. The van der Waals surface area contributed by atoms with Gasteiger partial charge in [0, 0.05) is 24.7 Å². The maximum absolute atomic E-state index is 13.7. The highest BCUT2D eigenvalue weighted by Gasteiger charge is 2.40. The van der Waals surface area contributed by atoms with E-state index in [2.05, 4.69) is 0 Å². The molecule has 0 fully saturated rings. The van der Waals surface area contributed by atoms with Crippen molar-refractivity contribution in [1.29, 1.82) is 0 Å². The third-order valence-corrected chi connectivity index (χ3v) is 7.71. The molecule has 6 nitrogen and oxygen atoms in total. The molecule has 0 saturated heterocycles. The van der Waals surface area contributed by atoms with Gasteiger partial charge in [-0.1, -0.05) is 42.5 Å². The van der Waals surface area contributed by atoms with Crippen LogP contribution in [0.15, 0.2) is 83.8 Å². The minimum Gasteiger partial charge on any atom is -0.497 e. The number of ether oxygens (including phenoxy) is 1. The maximum atomic E-state index is 13.7. The quantitative estimate of drug-likeness (QED) is 0.561. The van der Waals surface area contributed by atoms with Crippen molar-refractivity contribution < 1.29 is 17.9 Å². The summed E-state index contributed by atoms with van der Waals surface area (Å²) < 4.78 is 34.1. The molecule has 0 spiro atoms. The molecule has 1 aliphatic heterocycles. The van der Waals surface area contributed by atoms with Crippen molar-refractivity contribution in [2.75, 3.05) is 16.3 Å². The van der Waals surface area contributed by atoms with Crippen LogP contribution in [-0.2, 0) is 14.8 Å². The van der Waals surface area contributed by atoms with Gasteiger partial charge >= 0.3 is 0 Å². The summed E-state index contributed by atoms with van der Waals surface area (Å²) in [4.78, 5) is 14.6. The van der Waals surface area contributed by atoms with Gasteiger partial charge in [0.05, 0.1) is 23.7 Å². The van der Waals surface area contributed by atoms with Gasteiger partial charge in [-0.05, 0) is 49.2 Å². The molecule has 32 heavy (non-hydrogen) atoms. The number of benzene rings is 3. The van der Waals surface area contributed by atoms with E-state index < -0.39 is 10.0 Å². The summed E-state index contributed by atoms with van der Waals surface area (Å²) in [6, 6.07) is 22.7. The summed E-state index contributed by atoms with van der Waals surface area (Å²) in [5.74, 6) is 0.390. The number of methoxy groups -OCH3 is 1. The zero-order valence-electron chi connectivity index (χ0n) is 18.3. The first-order valence-electron chi connectivity index (χ1n) is 10.5. The number of sulfonamides is 1. The SMILES string of the molecule is COc1cccc(S(=O)(=O)N2c3ccccc3C(N(C(C)=O)c3ccccc3)C[C@@H]2C)c1. The molecule has 0 aliphatic carbocycles. The zero-order chi connectivity index (χ0) is 22.9. The van der Waals surface area contributed by atoms with Gasteiger partial charge < -0.3 is 9.64 Å². The van der Waals surface area contributed by atoms with Crippen molar-refractivity contribution in [3.63, 3.8) is 0 Å². The van der Waals surface area contributed by atoms with Crippen molar-refractivity contribution in [2.45, 2.75) is 37.2 Å². The van der Waals surface area contributed by atoms with Gasteiger partial charge in [-0.15, -0.1) is 0 Å². The fraction of sp³-hybridized carbons (Fsp3) is 0.240. The number of amides is 1. The standard InChI is InChI=1S/C25H26N2O4S/c1-18-16-25(26(19(2)28)20-10-5-4-6-11-20)23-14-7-8-15-24(23)27(18)32(29,30)22-13-9-12-21(17-22)31-3/h4-15,17-18,25H,16H2,1-3H3/t18-,25?/m0/s1. The van der Waals surface area contributed by atoms with Crippen LogP contribution in [0.3, 0.4) is 0 Å². The fourth-order valence-electron chi connectivity index (χ4n) is 4.41. The van der Waals surface area contributed by atoms with Crippen LogP contribution in [0.1, 0.15) is 31.9 Å². The van der Waals surface area contributed by atoms with E-state index in [0.717, 1.165) is 11.3 Å². The Balaban J connectivity index is 1.83. The molecule has 2 atom stereocenters. The van der Waals surface area contributed by atoms with E-state index in [9.17, 15) is 13.2 Å². The lowest BCUT2D eigenvalue weighted by atomic mass is 9.91. The molecule has 1 amide bonds. The van der Waals surface area contributed by atoms with Crippen LogP contribution in [0.2, 0.25) is 0 Å². The highest BCUT2D eigenvalue weighted by atomic mass is 32.2. The molecule has 0 radical (unpaired) electrons. The molecule has 0 saturated carbocycles. The smallest absolute Gasteiger partial charge is 0.264 e. The predicted molar refractivity (Wildman–Crippen MR) is 126 cm³/mol. The van der Waals surface area contributed by atoms with Crippen LogP contribution >= 0.6 is 0 Å². The Morgan fingerprint density at radius 1 is 1.00 bits per heavy atom. The van der Waals surface area contributed by atoms with Gasteiger partial charge in [-0.2, -0.15) is 0 Å². The normalized spacial score (nSPS) is 18.0. The summed E-state index contributed by atoms with van der Waals surface area (Å²) in [6.07, 6.45) is 0.467. The summed E-state index contributed by atoms with van der Waals surface area (Å²) in [6.45, 7) is 3.42. The molecule has 3 aromatic carbocycles. The van der Waals surface area contributed by atoms with Crippen LogP contribution < -0.4 is 13.9 Å². The van der Waals surface area contributed by atoms with Crippen LogP contribution in [0.25, 0.3) is 0 Å². The number of fused-ring (bicyclic) bond motifs is 1. The molecule has 0 aromatic heterocycles. The minimum absolute atomic E-state index is 0.0905. The number of anilines is 2. The Kier molecular flexibility index (Phi) is 5.93. The second kappa shape index (κ2) is 8.67. The Labute approximate surface area is 189 Å². The topological polar surface area (TPSA) is 66.9 Å². The molecule has 7 heteroatoms. The monoisotopic (exact) mass is 450 g/mol. The number of carbonyl (C=O) groups excluding carboxylic acids is 1. The van der Waals surface area contributed by atoms with Crippen molar-refractivity contribution in [3.05, 3.63) is 84.4 Å². The fourth-order valence-corrected chi connectivity index (χ4v) is 6.14. The molecule has 166 valence electrons. The van der Waals surface area contributed by atoms with Crippen molar-refractivity contribution in [1.82, 2.24) is 0 Å². The summed E-state index contributed by atoms with van der Waals surface area (Å²) >= 11 is 0. The molecule has 1 unspecified atom stereocenters. The molecule has 1 heterocycles. The van der Waals surface area contributed by atoms with Crippen molar-refractivity contribution in [3.8, 4) is 5.75 Å². The van der Waals surface area contributed by atoms with Gasteiger partial charge in [0.25, 0.3) is 10.0 Å². The lowest BCUT2D eigenvalue weighted by Gasteiger charge is -2.43. The van der Waals surface area contributed by atoms with Crippen LogP contribution in [0.4, 0.5) is 11.4 Å². The van der Waals surface area contributed by atoms with Gasteiger partial charge in [0.1, 0.15) is 5.75 Å². The first-order chi connectivity index (χ1) is 15.3. The third kappa shape index (κ3) is 3.84. The Morgan fingerprint density at radius 2 is 1.69 bits per heavy atom. The van der Waals surface area contributed by atoms with Crippen LogP contribution in [0.5, 0.6) is 5.75 Å². The lowest BCUT2D eigenvalue weighted by Crippen LogP contribution is -2.47. The van der Waals surface area contributed by atoms with Crippen molar-refractivity contribution >= 4 is 27.3 Å². The van der Waals surface area contributed by atoms with E-state index in [1.807, 2.05) is 55.5 Å². The molecular formula is C25H26N2O4S. The minimum atomic E-state index is -3.84. The van der Waals surface area contributed by atoms with Gasteiger partial charge in [0.15, 0.2) is 0 Å². The van der Waals surface area contributed by atoms with Gasteiger partial charge in [-0.25, -0.2) is 8.42 Å². The van der Waals surface area contributed by atoms with E-state index in [1.54, 1.807) is 36.1 Å². The second-order valence-corrected chi connectivity index (χ2v) is 9.68. The van der Waals surface area contributed by atoms with E-state index in [4.69, 9.17) is 4.74 Å². The van der Waals surface area contributed by atoms with E-state index in [-0.39, 0.29) is 22.9 Å².